The number of nitrogens with zero attached hydrogens (tertiary/aromatic N) is 1. The zero-order chi connectivity index (χ0) is 12.0. The summed E-state index contributed by atoms with van der Waals surface area (Å²) in [6.45, 7) is 6.57. The highest BCUT2D eigenvalue weighted by molar-refractivity contribution is 5.58. The summed E-state index contributed by atoms with van der Waals surface area (Å²) in [5.41, 5.74) is 9.17. The smallest absolute Gasteiger partial charge is 0.0641 e. The van der Waals surface area contributed by atoms with Gasteiger partial charge in [0.1, 0.15) is 0 Å². The molecule has 90 valence electrons. The third kappa shape index (κ3) is 3.42. The van der Waals surface area contributed by atoms with Gasteiger partial charge in [-0.2, -0.15) is 0 Å². The Hall–Kier alpha value is -1.22. The van der Waals surface area contributed by atoms with Crippen LogP contribution in [0.25, 0.3) is 0 Å². The van der Waals surface area contributed by atoms with E-state index in [4.69, 9.17) is 10.5 Å². The molecule has 3 heteroatoms. The lowest BCUT2D eigenvalue weighted by molar-refractivity contribution is 0.154. The van der Waals surface area contributed by atoms with Gasteiger partial charge in [-0.15, -0.1) is 0 Å². The van der Waals surface area contributed by atoms with Crippen molar-refractivity contribution in [3.05, 3.63) is 23.8 Å². The van der Waals surface area contributed by atoms with Crippen molar-refractivity contribution < 1.29 is 4.74 Å². The van der Waals surface area contributed by atoms with Crippen LogP contribution in [0.3, 0.4) is 0 Å². The minimum atomic E-state index is 0.763. The van der Waals surface area contributed by atoms with Crippen LogP contribution in [0.2, 0.25) is 0 Å². The quantitative estimate of drug-likeness (QED) is 0.593. The maximum absolute atomic E-state index is 5.88. The lowest BCUT2D eigenvalue weighted by atomic mass is 10.1. The van der Waals surface area contributed by atoms with E-state index in [0.717, 1.165) is 31.9 Å². The van der Waals surface area contributed by atoms with E-state index >= 15 is 0 Å². The Morgan fingerprint density at radius 3 is 2.69 bits per heavy atom. The average molecular weight is 222 g/mol. The van der Waals surface area contributed by atoms with Crippen LogP contribution in [0.5, 0.6) is 0 Å². The van der Waals surface area contributed by atoms with E-state index < -0.39 is 0 Å². The zero-order valence-corrected chi connectivity index (χ0v) is 10.5. The van der Waals surface area contributed by atoms with Crippen molar-refractivity contribution in [3.8, 4) is 0 Å². The van der Waals surface area contributed by atoms with Crippen LogP contribution >= 0.6 is 0 Å². The maximum atomic E-state index is 5.88. The number of benzene rings is 1. The molecule has 0 unspecified atom stereocenters. The van der Waals surface area contributed by atoms with Crippen molar-refractivity contribution in [2.24, 2.45) is 0 Å². The van der Waals surface area contributed by atoms with Crippen molar-refractivity contribution in [1.82, 2.24) is 0 Å². The zero-order valence-electron chi connectivity index (χ0n) is 10.5. The molecule has 0 atom stereocenters. The Morgan fingerprint density at radius 1 is 1.31 bits per heavy atom. The number of nitrogens with two attached hydrogens (primary N) is 1. The van der Waals surface area contributed by atoms with Crippen LogP contribution in [0, 0.1) is 0 Å². The minimum Gasteiger partial charge on any atom is -0.399 e. The Balaban J connectivity index is 2.64. The average Bonchev–Trinajstić information content (AvgIpc) is 2.30. The van der Waals surface area contributed by atoms with Gasteiger partial charge in [-0.05, 0) is 37.1 Å². The first kappa shape index (κ1) is 12.8. The summed E-state index contributed by atoms with van der Waals surface area (Å²) < 4.78 is 5.34. The van der Waals surface area contributed by atoms with Gasteiger partial charge in [-0.25, -0.2) is 0 Å². The second-order valence-electron chi connectivity index (χ2n) is 3.86. The maximum Gasteiger partial charge on any atom is 0.0641 e. The lowest BCUT2D eigenvalue weighted by Gasteiger charge is -2.20. The largest absolute Gasteiger partial charge is 0.399 e. The Bertz CT molecular complexity index is 326. The Kier molecular flexibility index (Phi) is 5.12. The third-order valence-corrected chi connectivity index (χ3v) is 2.72. The molecule has 0 amide bonds. The molecule has 0 bridgehead atoms. The van der Waals surface area contributed by atoms with E-state index in [1.165, 1.54) is 11.3 Å². The SMILES string of the molecule is CCOCCN(C)c1ccc(N)c(CC)c1. The molecule has 0 radical (unpaired) electrons. The summed E-state index contributed by atoms with van der Waals surface area (Å²) in [7, 11) is 2.07. The molecule has 0 saturated carbocycles. The molecule has 0 spiro atoms. The van der Waals surface area contributed by atoms with E-state index in [-0.39, 0.29) is 0 Å². The minimum absolute atomic E-state index is 0.763. The van der Waals surface area contributed by atoms with E-state index in [0.29, 0.717) is 0 Å². The number of ether oxygens (including phenoxy) is 1. The van der Waals surface area contributed by atoms with Crippen LogP contribution in [-0.2, 0) is 11.2 Å². The number of hydrogen-bond acceptors (Lipinski definition) is 3. The van der Waals surface area contributed by atoms with Crippen molar-refractivity contribution in [3.63, 3.8) is 0 Å². The predicted octanol–water partition coefficient (Wildman–Crippen LogP) is 2.30. The third-order valence-electron chi connectivity index (χ3n) is 2.72. The van der Waals surface area contributed by atoms with Gasteiger partial charge in [0.25, 0.3) is 0 Å². The number of aryl methyl sites for hydroxylation is 1. The van der Waals surface area contributed by atoms with Crippen LogP contribution in [0.15, 0.2) is 18.2 Å². The molecule has 1 aromatic carbocycles. The molecule has 0 aliphatic rings. The standard InChI is InChI=1S/C13H22N2O/c1-4-11-10-12(6-7-13(11)14)15(3)8-9-16-5-2/h6-7,10H,4-5,8-9,14H2,1-3H3. The molecule has 0 aliphatic carbocycles. The molecule has 16 heavy (non-hydrogen) atoms. The first-order valence-electron chi connectivity index (χ1n) is 5.86. The molecule has 0 aliphatic heterocycles. The molecule has 0 aromatic heterocycles. The van der Waals surface area contributed by atoms with E-state index in [2.05, 4.69) is 31.0 Å². The lowest BCUT2D eigenvalue weighted by Crippen LogP contribution is -2.22. The molecule has 0 heterocycles. The van der Waals surface area contributed by atoms with Crippen molar-refractivity contribution in [1.29, 1.82) is 0 Å². The fourth-order valence-corrected chi connectivity index (χ4v) is 1.61. The van der Waals surface area contributed by atoms with Gasteiger partial charge in [0, 0.05) is 31.6 Å². The molecule has 1 rings (SSSR count). The highest BCUT2D eigenvalue weighted by Gasteiger charge is 2.03. The molecule has 3 nitrogen and oxygen atoms in total. The number of nitrogen functional groups attached to an aromatic ring is 1. The Morgan fingerprint density at radius 2 is 2.06 bits per heavy atom. The second-order valence-corrected chi connectivity index (χ2v) is 3.86. The number of rotatable bonds is 6. The fraction of sp³-hybridized carbons (Fsp3) is 0.538. The summed E-state index contributed by atoms with van der Waals surface area (Å²) in [6.07, 6.45) is 0.971. The van der Waals surface area contributed by atoms with Crippen LogP contribution in [0.4, 0.5) is 11.4 Å². The summed E-state index contributed by atoms with van der Waals surface area (Å²) in [5.74, 6) is 0. The van der Waals surface area contributed by atoms with Gasteiger partial charge in [-0.1, -0.05) is 6.92 Å². The summed E-state index contributed by atoms with van der Waals surface area (Å²) in [5, 5.41) is 0. The topological polar surface area (TPSA) is 38.5 Å². The highest BCUT2D eigenvalue weighted by Crippen LogP contribution is 2.20. The van der Waals surface area contributed by atoms with Gasteiger partial charge in [0.15, 0.2) is 0 Å². The van der Waals surface area contributed by atoms with Crippen molar-refractivity contribution in [2.75, 3.05) is 37.4 Å². The van der Waals surface area contributed by atoms with Gasteiger partial charge >= 0.3 is 0 Å². The normalized spacial score (nSPS) is 10.4. The number of anilines is 2. The first-order valence-corrected chi connectivity index (χ1v) is 5.86. The molecule has 0 saturated heterocycles. The number of hydrogen-bond donors (Lipinski definition) is 1. The Labute approximate surface area is 98.2 Å². The van der Waals surface area contributed by atoms with Gasteiger partial charge in [0.2, 0.25) is 0 Å². The molecular weight excluding hydrogens is 200 g/mol. The second kappa shape index (κ2) is 6.38. The molecule has 1 aromatic rings. The summed E-state index contributed by atoms with van der Waals surface area (Å²) in [4.78, 5) is 2.19. The fourth-order valence-electron chi connectivity index (χ4n) is 1.61. The highest BCUT2D eigenvalue weighted by atomic mass is 16.5. The first-order chi connectivity index (χ1) is 7.69. The van der Waals surface area contributed by atoms with E-state index in [1.54, 1.807) is 0 Å². The van der Waals surface area contributed by atoms with Crippen LogP contribution in [0.1, 0.15) is 19.4 Å². The molecule has 0 fully saturated rings. The monoisotopic (exact) mass is 222 g/mol. The molecule has 2 N–H and O–H groups in total. The summed E-state index contributed by atoms with van der Waals surface area (Å²) >= 11 is 0. The van der Waals surface area contributed by atoms with Crippen LogP contribution < -0.4 is 10.6 Å². The van der Waals surface area contributed by atoms with E-state index in [1.807, 2.05) is 13.0 Å². The van der Waals surface area contributed by atoms with Gasteiger partial charge in [0.05, 0.1) is 6.61 Å². The summed E-state index contributed by atoms with van der Waals surface area (Å²) in [6, 6.07) is 6.19. The molecular formula is C13H22N2O. The van der Waals surface area contributed by atoms with Crippen molar-refractivity contribution >= 4 is 11.4 Å². The predicted molar refractivity (Wildman–Crippen MR) is 70.0 cm³/mol. The van der Waals surface area contributed by atoms with Crippen LogP contribution in [-0.4, -0.2) is 26.8 Å². The van der Waals surface area contributed by atoms with Crippen molar-refractivity contribution in [2.45, 2.75) is 20.3 Å². The van der Waals surface area contributed by atoms with Gasteiger partial charge in [-0.3, -0.25) is 0 Å². The van der Waals surface area contributed by atoms with Gasteiger partial charge < -0.3 is 15.4 Å². The number of likely N-dealkylation sites (N-methyl/N-ethyl adjacent to an activating group) is 1. The van der Waals surface area contributed by atoms with E-state index in [9.17, 15) is 0 Å².